The summed E-state index contributed by atoms with van der Waals surface area (Å²) in [6, 6.07) is 13.9. The van der Waals surface area contributed by atoms with Gasteiger partial charge in [0.1, 0.15) is 17.2 Å². The summed E-state index contributed by atoms with van der Waals surface area (Å²) >= 11 is 1.55. The van der Waals surface area contributed by atoms with Crippen LogP contribution in [0.2, 0.25) is 0 Å². The monoisotopic (exact) mass is 714 g/mol. The molecule has 0 saturated heterocycles. The normalized spacial score (nSPS) is 11.7. The molecule has 1 aliphatic heterocycles. The van der Waals surface area contributed by atoms with Crippen LogP contribution in [0.5, 0.6) is 11.5 Å². The Morgan fingerprint density at radius 3 is 2.59 bits per heavy atom. The minimum atomic E-state index is -0.770. The fourth-order valence-corrected chi connectivity index (χ4v) is 6.58. The number of ether oxygens (including phenoxy) is 4. The highest BCUT2D eigenvalue weighted by Gasteiger charge is 2.27. The topological polar surface area (TPSA) is 168 Å². The molecule has 1 aliphatic rings. The zero-order chi connectivity index (χ0) is 36.3. The average Bonchev–Trinajstić information content (AvgIpc) is 3.54. The lowest BCUT2D eigenvalue weighted by Gasteiger charge is -2.18. The van der Waals surface area contributed by atoms with Crippen molar-refractivity contribution in [3.8, 4) is 33.1 Å². The first kappa shape index (κ1) is 37.0. The standard InChI is InChI=1S/C38H42N4O8S/c1-4-15-40-37(45)30-12-10-25(34(41-30)38(46)47-3)26-21-31-28(35-24(13-17-50-31)14-18-51-35)20-27(26)36(44)42-29-11-9-23(22-39)19-32(29)49-16-7-6-8-33(43)48-5-2/h9-12,14,18-21H,4-8,13,15-17,22,39H2,1-3H3,(H,40,45)(H,42,44). The molecule has 5 rings (SSSR count). The lowest BCUT2D eigenvalue weighted by molar-refractivity contribution is -0.143. The van der Waals surface area contributed by atoms with Crippen LogP contribution in [0.25, 0.3) is 21.6 Å². The van der Waals surface area contributed by atoms with E-state index in [9.17, 15) is 19.2 Å². The number of rotatable bonds is 15. The Kier molecular flexibility index (Phi) is 12.8. The van der Waals surface area contributed by atoms with Crippen LogP contribution in [0.3, 0.4) is 0 Å². The minimum absolute atomic E-state index is 0.0388. The summed E-state index contributed by atoms with van der Waals surface area (Å²) in [6.07, 6.45) is 2.87. The van der Waals surface area contributed by atoms with E-state index in [2.05, 4.69) is 15.6 Å². The molecular weight excluding hydrogens is 673 g/mol. The number of methoxy groups -OCH3 is 1. The summed E-state index contributed by atoms with van der Waals surface area (Å²) < 4.78 is 22.4. The lowest BCUT2D eigenvalue weighted by Crippen LogP contribution is -2.26. The molecule has 0 bridgehead atoms. The van der Waals surface area contributed by atoms with Gasteiger partial charge < -0.3 is 35.3 Å². The Hall–Kier alpha value is -5.27. The first-order valence-electron chi connectivity index (χ1n) is 17.0. The molecule has 3 heterocycles. The van der Waals surface area contributed by atoms with Crippen LogP contribution < -0.4 is 25.8 Å². The smallest absolute Gasteiger partial charge is 0.357 e. The Morgan fingerprint density at radius 1 is 0.980 bits per heavy atom. The number of aromatic nitrogens is 1. The maximum Gasteiger partial charge on any atom is 0.357 e. The van der Waals surface area contributed by atoms with Crippen molar-refractivity contribution in [1.29, 1.82) is 0 Å². The molecule has 2 aromatic heterocycles. The van der Waals surface area contributed by atoms with Gasteiger partial charge in [-0.3, -0.25) is 14.4 Å². The van der Waals surface area contributed by atoms with Gasteiger partial charge in [0, 0.05) is 53.1 Å². The van der Waals surface area contributed by atoms with E-state index in [0.717, 1.165) is 28.0 Å². The number of hydrogen-bond donors (Lipinski definition) is 3. The SMILES string of the molecule is CCCNC(=O)c1ccc(-c2cc3c(cc2C(=O)Nc2ccc(CN)cc2OCCCCC(=O)OCC)-c2sccc2CCO3)c(C(=O)OC)n1. The van der Waals surface area contributed by atoms with Gasteiger partial charge >= 0.3 is 11.9 Å². The number of fused-ring (bicyclic) bond motifs is 3. The third-order valence-corrected chi connectivity index (χ3v) is 9.18. The van der Waals surface area contributed by atoms with Crippen LogP contribution in [0.15, 0.2) is 53.9 Å². The first-order valence-corrected chi connectivity index (χ1v) is 17.8. The van der Waals surface area contributed by atoms with E-state index in [1.807, 2.05) is 18.4 Å². The molecule has 0 atom stereocenters. The molecule has 4 aromatic rings. The predicted molar refractivity (Wildman–Crippen MR) is 194 cm³/mol. The van der Waals surface area contributed by atoms with E-state index in [1.54, 1.807) is 54.7 Å². The molecule has 0 radical (unpaired) electrons. The fourth-order valence-electron chi connectivity index (χ4n) is 5.60. The van der Waals surface area contributed by atoms with Crippen LogP contribution in [0.1, 0.15) is 82.0 Å². The van der Waals surface area contributed by atoms with Gasteiger partial charge in [-0.1, -0.05) is 13.0 Å². The van der Waals surface area contributed by atoms with E-state index in [-0.39, 0.29) is 41.4 Å². The van der Waals surface area contributed by atoms with Gasteiger partial charge in [-0.05, 0) is 85.2 Å². The molecule has 268 valence electrons. The number of esters is 2. The molecule has 0 saturated carbocycles. The zero-order valence-corrected chi connectivity index (χ0v) is 29.8. The number of hydrogen-bond acceptors (Lipinski definition) is 11. The molecule has 0 spiro atoms. The quantitative estimate of drug-likeness (QED) is 0.0958. The minimum Gasteiger partial charge on any atom is -0.493 e. The average molecular weight is 715 g/mol. The molecule has 13 heteroatoms. The number of benzene rings is 2. The van der Waals surface area contributed by atoms with Crippen molar-refractivity contribution in [2.24, 2.45) is 5.73 Å². The number of amides is 2. The van der Waals surface area contributed by atoms with E-state index in [1.165, 1.54) is 13.2 Å². The molecule has 4 N–H and O–H groups in total. The van der Waals surface area contributed by atoms with E-state index in [4.69, 9.17) is 24.7 Å². The van der Waals surface area contributed by atoms with Gasteiger partial charge in [0.05, 0.1) is 32.6 Å². The number of nitrogens with two attached hydrogens (primary N) is 1. The highest BCUT2D eigenvalue weighted by molar-refractivity contribution is 7.13. The second-order valence-corrected chi connectivity index (χ2v) is 12.6. The number of nitrogens with one attached hydrogen (secondary N) is 2. The molecule has 0 aliphatic carbocycles. The van der Waals surface area contributed by atoms with Crippen molar-refractivity contribution in [3.05, 3.63) is 82.0 Å². The Bertz CT molecular complexity index is 1910. The first-order chi connectivity index (χ1) is 24.8. The number of thiophene rings is 1. The molecule has 0 unspecified atom stereocenters. The van der Waals surface area contributed by atoms with Crippen LogP contribution in [0.4, 0.5) is 5.69 Å². The van der Waals surface area contributed by atoms with Gasteiger partial charge in [0.15, 0.2) is 5.69 Å². The van der Waals surface area contributed by atoms with Crippen molar-refractivity contribution < 1.29 is 38.1 Å². The van der Waals surface area contributed by atoms with Crippen molar-refractivity contribution >= 4 is 40.8 Å². The predicted octanol–water partition coefficient (Wildman–Crippen LogP) is 6.16. The fraction of sp³-hybridized carbons (Fsp3) is 0.342. The van der Waals surface area contributed by atoms with E-state index >= 15 is 0 Å². The van der Waals surface area contributed by atoms with Gasteiger partial charge in [-0.15, -0.1) is 11.3 Å². The highest BCUT2D eigenvalue weighted by Crippen LogP contribution is 2.43. The van der Waals surface area contributed by atoms with Crippen molar-refractivity contribution in [1.82, 2.24) is 10.3 Å². The number of carbonyl (C=O) groups is 4. The van der Waals surface area contributed by atoms with Crippen molar-refractivity contribution in [2.45, 2.75) is 52.5 Å². The molecule has 2 amide bonds. The largest absolute Gasteiger partial charge is 0.493 e. The van der Waals surface area contributed by atoms with Crippen LogP contribution in [0, 0.1) is 0 Å². The summed E-state index contributed by atoms with van der Waals surface area (Å²) in [7, 11) is 1.23. The molecule has 12 nitrogen and oxygen atoms in total. The summed E-state index contributed by atoms with van der Waals surface area (Å²) in [5.74, 6) is -0.981. The molecule has 0 fully saturated rings. The molecular formula is C38H42N4O8S. The Labute approximate surface area is 300 Å². The van der Waals surface area contributed by atoms with E-state index < -0.39 is 17.8 Å². The van der Waals surface area contributed by atoms with Gasteiger partial charge in [0.2, 0.25) is 0 Å². The Morgan fingerprint density at radius 2 is 1.82 bits per heavy atom. The van der Waals surface area contributed by atoms with E-state index in [0.29, 0.717) is 68.4 Å². The summed E-state index contributed by atoms with van der Waals surface area (Å²) in [4.78, 5) is 57.5. The van der Waals surface area contributed by atoms with Crippen LogP contribution >= 0.6 is 11.3 Å². The number of carbonyl (C=O) groups excluding carboxylic acids is 4. The number of anilines is 1. The van der Waals surface area contributed by atoms with Gasteiger partial charge in [-0.2, -0.15) is 0 Å². The third-order valence-electron chi connectivity index (χ3n) is 8.19. The third kappa shape index (κ3) is 8.91. The number of pyridine rings is 1. The van der Waals surface area contributed by atoms with Crippen LogP contribution in [-0.2, 0) is 27.2 Å². The van der Waals surface area contributed by atoms with Crippen molar-refractivity contribution in [3.63, 3.8) is 0 Å². The number of nitrogens with zero attached hydrogens (tertiary/aromatic N) is 1. The summed E-state index contributed by atoms with van der Waals surface area (Å²) in [5, 5.41) is 7.78. The van der Waals surface area contributed by atoms with Gasteiger partial charge in [-0.25, -0.2) is 9.78 Å². The maximum atomic E-state index is 14.4. The summed E-state index contributed by atoms with van der Waals surface area (Å²) in [6.45, 7) is 5.46. The highest BCUT2D eigenvalue weighted by atomic mass is 32.1. The molecule has 2 aromatic carbocycles. The zero-order valence-electron chi connectivity index (χ0n) is 29.0. The van der Waals surface area contributed by atoms with Crippen molar-refractivity contribution in [2.75, 3.05) is 38.8 Å². The molecule has 51 heavy (non-hydrogen) atoms. The Balaban J connectivity index is 1.55. The second kappa shape index (κ2) is 17.6. The summed E-state index contributed by atoms with van der Waals surface area (Å²) in [5.41, 5.74) is 9.78. The maximum absolute atomic E-state index is 14.4. The van der Waals surface area contributed by atoms with Crippen LogP contribution in [-0.4, -0.2) is 62.2 Å². The second-order valence-electron chi connectivity index (χ2n) is 11.7. The van der Waals surface area contributed by atoms with Gasteiger partial charge in [0.25, 0.3) is 11.8 Å². The number of unbranched alkanes of at least 4 members (excludes halogenated alkanes) is 1. The lowest BCUT2D eigenvalue weighted by atomic mass is 9.93.